The molecule has 24 aromatic rings. The Labute approximate surface area is 856 Å². The lowest BCUT2D eigenvalue weighted by Crippen LogP contribution is -2.57. The van der Waals surface area contributed by atoms with Crippen molar-refractivity contribution >= 4 is 149 Å². The first-order chi connectivity index (χ1) is 72.5. The summed E-state index contributed by atoms with van der Waals surface area (Å²) in [6.07, 6.45) is 0. The molecule has 28 rings (SSSR count). The SMILES string of the molecule is c1ccc(B2c3ccc(-c4cccc5ccccc45)cc3-c3ccccc3N2c2ccccc2)cc1.c1ccc(B2c3ccccc3-c3cc(-c4cccc(-c5ccccc5)c4)ccc3N2c2ccccc2)cc1.c1ccc(B2c3ccccc3-c3ccccc3N2c2ccc(-c3cccc4ccccc34)cc2)cc1.c1ccc(N2B(c3ccc(-c4cccc5ccccc45)cc3)c3ccccc3-c3ccccc32)cc1. The van der Waals surface area contributed by atoms with Gasteiger partial charge in [-0.1, -0.05) is 525 Å². The Morgan fingerprint density at radius 1 is 0.116 bits per heavy atom. The van der Waals surface area contributed by atoms with Crippen molar-refractivity contribution in [2.45, 2.75) is 0 Å². The van der Waals surface area contributed by atoms with Crippen LogP contribution < -0.4 is 62.9 Å². The van der Waals surface area contributed by atoms with Gasteiger partial charge in [-0.15, -0.1) is 0 Å². The van der Waals surface area contributed by atoms with Crippen molar-refractivity contribution in [1.82, 2.24) is 0 Å². The molecule has 0 aromatic heterocycles. The predicted octanol–water partition coefficient (Wildman–Crippen LogP) is 30.2. The van der Waals surface area contributed by atoms with E-state index in [0.717, 1.165) is 0 Å². The molecule has 4 aliphatic heterocycles. The highest BCUT2D eigenvalue weighted by Gasteiger charge is 2.42. The van der Waals surface area contributed by atoms with Crippen LogP contribution in [-0.2, 0) is 0 Å². The van der Waals surface area contributed by atoms with Crippen molar-refractivity contribution in [2.75, 3.05) is 19.2 Å². The zero-order chi connectivity index (χ0) is 97.0. The topological polar surface area (TPSA) is 13.0 Å². The summed E-state index contributed by atoms with van der Waals surface area (Å²) in [6, 6.07) is 215. The Morgan fingerprint density at radius 3 is 0.767 bits per heavy atom. The number of para-hydroxylation sites is 6. The molecule has 24 aromatic carbocycles. The molecule has 682 valence electrons. The highest BCUT2D eigenvalue weighted by molar-refractivity contribution is 6.93. The van der Waals surface area contributed by atoms with Crippen LogP contribution in [0.3, 0.4) is 0 Å². The molecule has 0 fully saturated rings. The van der Waals surface area contributed by atoms with Gasteiger partial charge in [-0.05, 0) is 223 Å². The molecule has 0 saturated heterocycles. The van der Waals surface area contributed by atoms with Gasteiger partial charge in [-0.25, -0.2) is 0 Å². The van der Waals surface area contributed by atoms with E-state index in [4.69, 9.17) is 0 Å². The van der Waals surface area contributed by atoms with E-state index in [1.807, 2.05) is 0 Å². The number of anilines is 8. The smallest absolute Gasteiger partial charge is 0.328 e. The highest BCUT2D eigenvalue weighted by Crippen LogP contribution is 2.48. The third kappa shape index (κ3) is 17.0. The van der Waals surface area contributed by atoms with Crippen molar-refractivity contribution in [1.29, 1.82) is 0 Å². The number of fused-ring (bicyclic) bond motifs is 15. The van der Waals surface area contributed by atoms with Gasteiger partial charge in [0.1, 0.15) is 0 Å². The van der Waals surface area contributed by atoms with E-state index >= 15 is 0 Å². The third-order valence-electron chi connectivity index (χ3n) is 29.5. The van der Waals surface area contributed by atoms with Gasteiger partial charge in [0, 0.05) is 67.8 Å². The fourth-order valence-corrected chi connectivity index (χ4v) is 22.9. The molecule has 4 heterocycles. The van der Waals surface area contributed by atoms with Gasteiger partial charge < -0.3 is 19.2 Å². The lowest BCUT2D eigenvalue weighted by molar-refractivity contribution is 1.36. The molecule has 146 heavy (non-hydrogen) atoms. The largest absolute Gasteiger partial charge is 0.376 e. The van der Waals surface area contributed by atoms with E-state index in [0.29, 0.717) is 0 Å². The zero-order valence-electron chi connectivity index (χ0n) is 80.7. The number of hydrogen-bond donors (Lipinski definition) is 0. The van der Waals surface area contributed by atoms with E-state index in [1.54, 1.807) is 0 Å². The van der Waals surface area contributed by atoms with E-state index in [1.165, 1.54) is 222 Å². The van der Waals surface area contributed by atoms with E-state index < -0.39 is 0 Å². The second-order valence-electron chi connectivity index (χ2n) is 37.9. The Morgan fingerprint density at radius 2 is 0.356 bits per heavy atom. The Hall–Kier alpha value is -18.5. The first kappa shape index (κ1) is 88.9. The van der Waals surface area contributed by atoms with Crippen LogP contribution in [-0.4, -0.2) is 27.4 Å². The summed E-state index contributed by atoms with van der Waals surface area (Å²) in [5, 5.41) is 7.67. The van der Waals surface area contributed by atoms with Crippen LogP contribution in [0.1, 0.15) is 0 Å². The Bertz CT molecular complexity index is 8520. The molecule has 0 saturated carbocycles. The van der Waals surface area contributed by atoms with Crippen LogP contribution in [0.15, 0.2) is 595 Å². The first-order valence-corrected chi connectivity index (χ1v) is 50.6. The van der Waals surface area contributed by atoms with E-state index in [-0.39, 0.29) is 27.4 Å². The van der Waals surface area contributed by atoms with Gasteiger partial charge in [0.25, 0.3) is 0 Å². The fourth-order valence-electron chi connectivity index (χ4n) is 22.9. The molecule has 0 amide bonds. The lowest BCUT2D eigenvalue weighted by atomic mass is 9.45. The molecule has 0 radical (unpaired) electrons. The molecular formula is C138H98B4N4. The predicted molar refractivity (Wildman–Crippen MR) is 627 cm³/mol. The molecular weight excluding hydrogens is 1760 g/mol. The van der Waals surface area contributed by atoms with Crippen molar-refractivity contribution in [3.05, 3.63) is 595 Å². The minimum absolute atomic E-state index is 0.0834. The molecule has 0 unspecified atom stereocenters. The zero-order valence-corrected chi connectivity index (χ0v) is 80.7. The Balaban J connectivity index is 0.000000102. The average Bonchev–Trinajstić information content (AvgIpc) is 0.738. The van der Waals surface area contributed by atoms with E-state index in [2.05, 4.69) is 614 Å². The number of benzene rings is 24. The molecule has 8 heteroatoms. The summed E-state index contributed by atoms with van der Waals surface area (Å²) >= 11 is 0. The molecule has 4 nitrogen and oxygen atoms in total. The molecule has 0 spiro atoms. The summed E-state index contributed by atoms with van der Waals surface area (Å²) in [5.74, 6) is 0. The van der Waals surface area contributed by atoms with Crippen molar-refractivity contribution < 1.29 is 0 Å². The van der Waals surface area contributed by atoms with Gasteiger partial charge in [-0.3, -0.25) is 0 Å². The van der Waals surface area contributed by atoms with Gasteiger partial charge in [0.2, 0.25) is 0 Å². The van der Waals surface area contributed by atoms with Gasteiger partial charge in [0.05, 0.1) is 0 Å². The highest BCUT2D eigenvalue weighted by atomic mass is 15.1. The number of hydrogen-bond acceptors (Lipinski definition) is 4. The third-order valence-corrected chi connectivity index (χ3v) is 29.5. The average molecular weight is 1860 g/mol. The maximum atomic E-state index is 2.50. The lowest BCUT2D eigenvalue weighted by Gasteiger charge is -2.39. The summed E-state index contributed by atoms with van der Waals surface area (Å²) < 4.78 is 0. The summed E-state index contributed by atoms with van der Waals surface area (Å²) in [4.78, 5) is 9.98. The fraction of sp³-hybridized carbons (Fsp3) is 0. The quantitative estimate of drug-likeness (QED) is 0.107. The van der Waals surface area contributed by atoms with Crippen LogP contribution in [0.5, 0.6) is 0 Å². The summed E-state index contributed by atoms with van der Waals surface area (Å²) in [5.41, 5.74) is 42.9. The summed E-state index contributed by atoms with van der Waals surface area (Å²) in [6.45, 7) is 0.357. The number of rotatable bonds is 13. The molecule has 0 aliphatic carbocycles. The maximum absolute atomic E-state index is 2.50. The molecule has 4 aliphatic rings. The normalized spacial score (nSPS) is 12.3. The van der Waals surface area contributed by atoms with Crippen LogP contribution in [0.2, 0.25) is 0 Å². The van der Waals surface area contributed by atoms with Crippen molar-refractivity contribution in [3.8, 4) is 100 Å². The molecule has 0 bridgehead atoms. The standard InChI is InChI=1S/C36H26BN.3C34H24BN/c1-4-13-27(14-5-1)28-15-12-16-29(25-28)30-23-24-36-34(26-30)33-21-10-11-22-35(33)37(31-17-6-2-7-18-31)38(36)32-19-8-3-9-20-32;1-3-14-27(15-4-1)35-33-23-22-26(30-20-11-13-25-12-7-8-18-29(25)30)24-32(33)31-19-9-10-21-34(31)36(35)28-16-5-2-6-17-28;1-2-13-28(14-3-1)36-34-20-9-7-17-32(34)31-16-6-8-19-33(31)35(36)27-23-21-26(22-24-27)30-18-10-12-25-11-4-5-15-29(25)30;1-2-13-27(14-3-1)35-33-19-8-6-16-31(33)32-17-7-9-20-34(32)36(35)28-23-21-26(22-24-28)30-18-10-12-25-11-4-5-15-29(25)30/h1-26H;3*1-24H. The molecule has 0 N–H and O–H groups in total. The van der Waals surface area contributed by atoms with Crippen LogP contribution >= 0.6 is 0 Å². The van der Waals surface area contributed by atoms with Gasteiger partial charge in [-0.2, -0.15) is 0 Å². The van der Waals surface area contributed by atoms with E-state index in [9.17, 15) is 0 Å². The van der Waals surface area contributed by atoms with Gasteiger partial charge in [0.15, 0.2) is 0 Å². The monoisotopic (exact) mass is 1850 g/mol. The number of nitrogens with zero attached hydrogens (tertiary/aromatic N) is 4. The second kappa shape index (κ2) is 39.9. The van der Waals surface area contributed by atoms with Crippen LogP contribution in [0, 0.1) is 0 Å². The van der Waals surface area contributed by atoms with Gasteiger partial charge >= 0.3 is 27.4 Å². The summed E-state index contributed by atoms with van der Waals surface area (Å²) in [7, 11) is 0. The molecule has 0 atom stereocenters. The van der Waals surface area contributed by atoms with Crippen LogP contribution in [0.25, 0.3) is 132 Å². The minimum atomic E-state index is 0.0834. The van der Waals surface area contributed by atoms with Crippen molar-refractivity contribution in [3.63, 3.8) is 0 Å². The van der Waals surface area contributed by atoms with Crippen LogP contribution in [0.4, 0.5) is 45.5 Å². The minimum Gasteiger partial charge on any atom is -0.376 e. The Kier molecular flexibility index (Phi) is 24.3. The van der Waals surface area contributed by atoms with Crippen molar-refractivity contribution in [2.24, 2.45) is 0 Å². The second-order valence-corrected chi connectivity index (χ2v) is 37.9. The first-order valence-electron chi connectivity index (χ1n) is 50.6. The maximum Gasteiger partial charge on any atom is 0.328 e.